The van der Waals surface area contributed by atoms with Gasteiger partial charge < -0.3 is 10.4 Å². The van der Waals surface area contributed by atoms with Crippen molar-refractivity contribution in [1.29, 1.82) is 0 Å². The minimum atomic E-state index is -4.47. The standard InChI is InChI=1S/C11H10F3NO3/c1-6(10(17)18)15-9(16)7-2-4-8(5-3-7)11(12,13)14/h2-6H,1H3,(H,15,16)(H,17,18)/t6-/m1/s1. The SMILES string of the molecule is C[C@@H](NC(=O)c1ccc(C(F)(F)F)cc1)C(=O)O. The molecular weight excluding hydrogens is 251 g/mol. The normalized spacial score (nSPS) is 12.9. The van der Waals surface area contributed by atoms with Gasteiger partial charge in [-0.3, -0.25) is 9.59 Å². The summed E-state index contributed by atoms with van der Waals surface area (Å²) in [6.45, 7) is 1.25. The molecule has 1 aromatic carbocycles. The summed E-state index contributed by atoms with van der Waals surface area (Å²) in [6.07, 6.45) is -4.47. The van der Waals surface area contributed by atoms with Crippen LogP contribution in [0, 0.1) is 0 Å². The molecule has 98 valence electrons. The summed E-state index contributed by atoms with van der Waals surface area (Å²) < 4.78 is 36.8. The predicted octanol–water partition coefficient (Wildman–Crippen LogP) is 1.91. The summed E-state index contributed by atoms with van der Waals surface area (Å²) in [5.41, 5.74) is -0.901. The third-order valence-corrected chi connectivity index (χ3v) is 2.19. The van der Waals surface area contributed by atoms with Crippen LogP contribution in [0.5, 0.6) is 0 Å². The van der Waals surface area contributed by atoms with E-state index in [2.05, 4.69) is 5.32 Å². The fraction of sp³-hybridized carbons (Fsp3) is 0.273. The van der Waals surface area contributed by atoms with E-state index in [0.29, 0.717) is 0 Å². The summed E-state index contributed by atoms with van der Waals surface area (Å²) >= 11 is 0. The number of carboxylic acids is 1. The zero-order chi connectivity index (χ0) is 13.9. The van der Waals surface area contributed by atoms with E-state index in [-0.39, 0.29) is 5.56 Å². The third-order valence-electron chi connectivity index (χ3n) is 2.19. The van der Waals surface area contributed by atoms with Gasteiger partial charge in [0.1, 0.15) is 6.04 Å². The van der Waals surface area contributed by atoms with Crippen molar-refractivity contribution in [2.45, 2.75) is 19.1 Å². The highest BCUT2D eigenvalue weighted by molar-refractivity contribution is 5.96. The molecular formula is C11H10F3NO3. The molecule has 0 aliphatic carbocycles. The summed E-state index contributed by atoms with van der Waals surface area (Å²) in [6, 6.07) is 2.40. The molecule has 0 saturated heterocycles. The molecule has 7 heteroatoms. The van der Waals surface area contributed by atoms with Crippen LogP contribution in [0.1, 0.15) is 22.8 Å². The molecule has 1 rings (SSSR count). The summed E-state index contributed by atoms with van der Waals surface area (Å²) in [7, 11) is 0. The number of alkyl halides is 3. The number of hydrogen-bond acceptors (Lipinski definition) is 2. The van der Waals surface area contributed by atoms with Gasteiger partial charge in [-0.15, -0.1) is 0 Å². The van der Waals surface area contributed by atoms with E-state index in [9.17, 15) is 22.8 Å². The number of carbonyl (C=O) groups excluding carboxylic acids is 1. The zero-order valence-electron chi connectivity index (χ0n) is 9.28. The molecule has 0 saturated carbocycles. The molecule has 4 nitrogen and oxygen atoms in total. The Balaban J connectivity index is 2.80. The maximum atomic E-state index is 12.3. The largest absolute Gasteiger partial charge is 0.480 e. The van der Waals surface area contributed by atoms with Crippen LogP contribution < -0.4 is 5.32 Å². The molecule has 18 heavy (non-hydrogen) atoms. The lowest BCUT2D eigenvalue weighted by atomic mass is 10.1. The van der Waals surface area contributed by atoms with E-state index >= 15 is 0 Å². The van der Waals surface area contributed by atoms with Crippen molar-refractivity contribution in [1.82, 2.24) is 5.32 Å². The Morgan fingerprint density at radius 2 is 1.72 bits per heavy atom. The monoisotopic (exact) mass is 261 g/mol. The Morgan fingerprint density at radius 3 is 2.11 bits per heavy atom. The van der Waals surface area contributed by atoms with Gasteiger partial charge in [-0.2, -0.15) is 13.2 Å². The van der Waals surface area contributed by atoms with Crippen molar-refractivity contribution in [3.8, 4) is 0 Å². The molecule has 1 atom stereocenters. The number of amides is 1. The number of rotatable bonds is 3. The Kier molecular flexibility index (Phi) is 3.95. The van der Waals surface area contributed by atoms with Gasteiger partial charge in [0, 0.05) is 5.56 Å². The van der Waals surface area contributed by atoms with Gasteiger partial charge in [0.25, 0.3) is 5.91 Å². The van der Waals surface area contributed by atoms with Crippen LogP contribution in [0.25, 0.3) is 0 Å². The maximum Gasteiger partial charge on any atom is 0.416 e. The minimum absolute atomic E-state index is 0.0314. The fourth-order valence-corrected chi connectivity index (χ4v) is 1.15. The van der Waals surface area contributed by atoms with Gasteiger partial charge in [-0.05, 0) is 31.2 Å². The van der Waals surface area contributed by atoms with Crippen LogP contribution in [0.3, 0.4) is 0 Å². The molecule has 0 radical (unpaired) electrons. The summed E-state index contributed by atoms with van der Waals surface area (Å²) in [5.74, 6) is -1.96. The predicted molar refractivity (Wildman–Crippen MR) is 56.0 cm³/mol. The lowest BCUT2D eigenvalue weighted by molar-refractivity contribution is -0.139. The smallest absolute Gasteiger partial charge is 0.416 e. The van der Waals surface area contributed by atoms with Crippen molar-refractivity contribution < 1.29 is 27.9 Å². The first-order valence-corrected chi connectivity index (χ1v) is 4.92. The average Bonchev–Trinajstić information content (AvgIpc) is 2.27. The van der Waals surface area contributed by atoms with E-state index in [4.69, 9.17) is 5.11 Å². The minimum Gasteiger partial charge on any atom is -0.480 e. The van der Waals surface area contributed by atoms with Crippen LogP contribution in [0.2, 0.25) is 0 Å². The zero-order valence-corrected chi connectivity index (χ0v) is 9.28. The van der Waals surface area contributed by atoms with Crippen molar-refractivity contribution in [2.75, 3.05) is 0 Å². The summed E-state index contributed by atoms with van der Waals surface area (Å²) in [4.78, 5) is 22.0. The van der Waals surface area contributed by atoms with Crippen LogP contribution in [0.4, 0.5) is 13.2 Å². The Morgan fingerprint density at radius 1 is 1.22 bits per heavy atom. The number of aliphatic carboxylic acids is 1. The van der Waals surface area contributed by atoms with E-state index in [0.717, 1.165) is 24.3 Å². The number of benzene rings is 1. The van der Waals surface area contributed by atoms with Gasteiger partial charge in [-0.1, -0.05) is 0 Å². The molecule has 0 fully saturated rings. The molecule has 0 aliphatic heterocycles. The lowest BCUT2D eigenvalue weighted by Gasteiger charge is -2.10. The van der Waals surface area contributed by atoms with Gasteiger partial charge in [0.2, 0.25) is 0 Å². The quantitative estimate of drug-likeness (QED) is 0.873. The average molecular weight is 261 g/mol. The molecule has 2 N–H and O–H groups in total. The topological polar surface area (TPSA) is 66.4 Å². The van der Waals surface area contributed by atoms with Crippen LogP contribution in [-0.4, -0.2) is 23.0 Å². The van der Waals surface area contributed by atoms with Crippen molar-refractivity contribution in [3.63, 3.8) is 0 Å². The molecule has 0 aliphatic rings. The Labute approximate surface area is 100 Å². The highest BCUT2D eigenvalue weighted by Gasteiger charge is 2.30. The molecule has 1 amide bonds. The second-order valence-electron chi connectivity index (χ2n) is 3.61. The van der Waals surface area contributed by atoms with Gasteiger partial charge >= 0.3 is 12.1 Å². The van der Waals surface area contributed by atoms with Gasteiger partial charge in [0.15, 0.2) is 0 Å². The second-order valence-corrected chi connectivity index (χ2v) is 3.61. The Bertz CT molecular complexity index is 454. The maximum absolute atomic E-state index is 12.3. The molecule has 0 aromatic heterocycles. The van der Waals surface area contributed by atoms with Crippen molar-refractivity contribution in [2.24, 2.45) is 0 Å². The Hall–Kier alpha value is -2.05. The fourth-order valence-electron chi connectivity index (χ4n) is 1.15. The van der Waals surface area contributed by atoms with E-state index in [1.165, 1.54) is 6.92 Å². The second kappa shape index (κ2) is 5.07. The van der Waals surface area contributed by atoms with Gasteiger partial charge in [0.05, 0.1) is 5.56 Å². The lowest BCUT2D eigenvalue weighted by Crippen LogP contribution is -2.38. The molecule has 0 bridgehead atoms. The molecule has 0 unspecified atom stereocenters. The van der Waals surface area contributed by atoms with E-state index in [1.807, 2.05) is 0 Å². The number of hydrogen-bond donors (Lipinski definition) is 2. The molecule has 0 heterocycles. The highest BCUT2D eigenvalue weighted by Crippen LogP contribution is 2.29. The molecule has 0 spiro atoms. The van der Waals surface area contributed by atoms with Crippen molar-refractivity contribution >= 4 is 11.9 Å². The van der Waals surface area contributed by atoms with Crippen LogP contribution in [0.15, 0.2) is 24.3 Å². The number of halogens is 3. The number of carboxylic acid groups (broad SMARTS) is 1. The van der Waals surface area contributed by atoms with Crippen LogP contribution >= 0.6 is 0 Å². The van der Waals surface area contributed by atoms with Crippen molar-refractivity contribution in [3.05, 3.63) is 35.4 Å². The molecule has 1 aromatic rings. The van der Waals surface area contributed by atoms with Crippen LogP contribution in [-0.2, 0) is 11.0 Å². The first-order chi connectivity index (χ1) is 8.21. The van der Waals surface area contributed by atoms with E-state index in [1.54, 1.807) is 0 Å². The van der Waals surface area contributed by atoms with Gasteiger partial charge in [-0.25, -0.2) is 0 Å². The summed E-state index contributed by atoms with van der Waals surface area (Å²) in [5, 5.41) is 10.7. The highest BCUT2D eigenvalue weighted by atomic mass is 19.4. The van der Waals surface area contributed by atoms with E-state index < -0.39 is 29.7 Å². The first kappa shape index (κ1) is 14.0. The number of nitrogens with one attached hydrogen (secondary N) is 1. The third kappa shape index (κ3) is 3.47. The number of carbonyl (C=O) groups is 2. The first-order valence-electron chi connectivity index (χ1n) is 4.92.